The van der Waals surface area contributed by atoms with Crippen LogP contribution in [0.5, 0.6) is 17.2 Å². The summed E-state index contributed by atoms with van der Waals surface area (Å²) in [6, 6.07) is 3.07. The lowest BCUT2D eigenvalue weighted by Crippen LogP contribution is -2.46. The third kappa shape index (κ3) is 12.1. The van der Waals surface area contributed by atoms with Gasteiger partial charge in [-0.2, -0.15) is 0 Å². The van der Waals surface area contributed by atoms with Gasteiger partial charge in [-0.05, 0) is 51.2 Å². The number of fused-ring (bicyclic) bond motifs is 14. The highest BCUT2D eigenvalue weighted by atomic mass is 16.7. The van der Waals surface area contributed by atoms with E-state index in [1.807, 2.05) is 23.6 Å². The summed E-state index contributed by atoms with van der Waals surface area (Å²) in [6.45, 7) is 21.5. The van der Waals surface area contributed by atoms with Crippen molar-refractivity contribution in [2.24, 2.45) is 35.5 Å². The van der Waals surface area contributed by atoms with Crippen LogP contribution in [0.4, 0.5) is 11.4 Å². The number of ether oxygens (including phenoxy) is 5. The minimum Gasteiger partial charge on any atom is -0.507 e. The number of aromatic hydroxyl groups is 2. The maximum atomic E-state index is 15.0. The van der Waals surface area contributed by atoms with Gasteiger partial charge >= 0.3 is 17.7 Å². The molecule has 1 amide bonds. The number of nitrogens with zero attached hydrogens (tertiary/aromatic N) is 3. The number of hydrogen-bond donors (Lipinski definition) is 5. The molecule has 1 aliphatic carbocycles. The van der Waals surface area contributed by atoms with Crippen LogP contribution in [0.2, 0.25) is 0 Å². The topological polar surface area (TPSA) is 291 Å². The van der Waals surface area contributed by atoms with E-state index >= 15 is 0 Å². The normalized spacial score (nSPS) is 26.9. The number of benzene rings is 3. The molecule has 21 heteroatoms. The number of nitrogens with one attached hydrogen (secondary N) is 1. The predicted octanol–water partition coefficient (Wildman–Crippen LogP) is 6.96. The average molecular weight is 1100 g/mol. The molecule has 21 nitrogen and oxygen atoms in total. The molecule has 10 atom stereocenters. The van der Waals surface area contributed by atoms with Gasteiger partial charge in [0.1, 0.15) is 52.8 Å². The number of rotatable bonds is 12. The fraction of sp³-hybridized carbons (Fsp3) is 0.483. The molecular weight excluding hydrogens is 1020 g/mol. The van der Waals surface area contributed by atoms with Crippen molar-refractivity contribution >= 4 is 69.4 Å². The smallest absolute Gasteiger partial charge is 0.312 e. The van der Waals surface area contributed by atoms with Gasteiger partial charge in [0.05, 0.1) is 35.3 Å². The number of Topliss-reactive ketones (excluding diaryl/α,β-unsaturated/α-hetero) is 1. The van der Waals surface area contributed by atoms with Crippen molar-refractivity contribution in [3.05, 3.63) is 82.1 Å². The van der Waals surface area contributed by atoms with Crippen molar-refractivity contribution in [1.82, 2.24) is 9.88 Å². The minimum absolute atomic E-state index is 0.00407. The number of aliphatic hydroxyl groups excluding tert-OH is 2. The fourth-order valence-corrected chi connectivity index (χ4v) is 10.3. The van der Waals surface area contributed by atoms with E-state index in [1.54, 1.807) is 45.1 Å². The van der Waals surface area contributed by atoms with Gasteiger partial charge in [0, 0.05) is 105 Å². The number of esters is 2. The molecule has 0 aromatic heterocycles. The third-order valence-corrected chi connectivity index (χ3v) is 15.4. The van der Waals surface area contributed by atoms with Crippen molar-refractivity contribution in [3.63, 3.8) is 0 Å². The zero-order valence-corrected chi connectivity index (χ0v) is 46.1. The Morgan fingerprint density at radius 3 is 2.28 bits per heavy atom. The average Bonchev–Trinajstić information content (AvgIpc) is 3.99. The molecule has 8 rings (SSSR count). The van der Waals surface area contributed by atoms with E-state index in [1.165, 1.54) is 53.0 Å². The van der Waals surface area contributed by atoms with Crippen molar-refractivity contribution in [2.45, 2.75) is 119 Å². The summed E-state index contributed by atoms with van der Waals surface area (Å²) in [5, 5.41) is 48.8. The second-order valence-corrected chi connectivity index (χ2v) is 21.1. The number of aldehydes is 2. The molecule has 5 aliphatic heterocycles. The Bertz CT molecular complexity index is 3170. The molecule has 5 bridgehead atoms. The molecule has 5 heterocycles. The fourth-order valence-electron chi connectivity index (χ4n) is 10.3. The number of piperazine rings is 1. The molecule has 2 aromatic rings. The molecular formula is C58H70N4O17. The van der Waals surface area contributed by atoms with Crippen LogP contribution >= 0.6 is 0 Å². The van der Waals surface area contributed by atoms with E-state index in [0.717, 1.165) is 0 Å². The Hall–Kier alpha value is -7.78. The van der Waals surface area contributed by atoms with Crippen LogP contribution in [0, 0.1) is 42.4 Å². The van der Waals surface area contributed by atoms with Crippen molar-refractivity contribution in [3.8, 4) is 28.7 Å². The van der Waals surface area contributed by atoms with Crippen LogP contribution in [0.1, 0.15) is 97.5 Å². The molecule has 0 spiro atoms. The van der Waals surface area contributed by atoms with Crippen LogP contribution in [0.15, 0.2) is 69.9 Å². The van der Waals surface area contributed by atoms with E-state index in [9.17, 15) is 54.0 Å². The first-order valence-electron chi connectivity index (χ1n) is 26.4. The van der Waals surface area contributed by atoms with E-state index < -0.39 is 112 Å². The molecule has 1 saturated heterocycles. The number of allylic oxidation sites excluding steroid dienone is 3. The maximum absolute atomic E-state index is 15.0. The summed E-state index contributed by atoms with van der Waals surface area (Å²) in [6.07, 6.45) is 5.11. The van der Waals surface area contributed by atoms with Gasteiger partial charge in [0.25, 0.3) is 11.7 Å². The van der Waals surface area contributed by atoms with Gasteiger partial charge in [0.15, 0.2) is 17.2 Å². The highest BCUT2D eigenvalue weighted by Crippen LogP contribution is 2.51. The Kier molecular flexibility index (Phi) is 17.9. The number of ketones is 1. The molecule has 0 radical (unpaired) electrons. The number of anilines is 2. The number of phenolic OH excluding ortho intramolecular Hbond substituents is 2. The van der Waals surface area contributed by atoms with Crippen LogP contribution < -0.4 is 20.4 Å². The number of amides is 1. The molecule has 5 N–H and O–H groups in total. The molecule has 1 fully saturated rings. The Morgan fingerprint density at radius 2 is 1.62 bits per heavy atom. The number of carbonyl (C=O) groups is 6. The van der Waals surface area contributed by atoms with Gasteiger partial charge < -0.3 is 73.2 Å². The summed E-state index contributed by atoms with van der Waals surface area (Å²) in [7, 11) is 0. The van der Waals surface area contributed by atoms with E-state index in [-0.39, 0.29) is 81.3 Å². The molecule has 79 heavy (non-hydrogen) atoms. The van der Waals surface area contributed by atoms with Crippen molar-refractivity contribution in [2.75, 3.05) is 36.4 Å². The Labute approximate surface area is 456 Å². The first-order valence-corrected chi connectivity index (χ1v) is 26.4. The summed E-state index contributed by atoms with van der Waals surface area (Å²) < 4.78 is 35.8. The summed E-state index contributed by atoms with van der Waals surface area (Å²) >= 11 is 0. The van der Waals surface area contributed by atoms with Crippen molar-refractivity contribution in [1.29, 1.82) is 0 Å². The van der Waals surface area contributed by atoms with Crippen LogP contribution in [0.25, 0.3) is 33.3 Å². The predicted molar refractivity (Wildman–Crippen MR) is 290 cm³/mol. The van der Waals surface area contributed by atoms with Crippen LogP contribution in [-0.2, 0) is 42.9 Å². The first kappa shape index (κ1) is 58.9. The molecule has 424 valence electrons. The molecule has 1 unspecified atom stereocenters. The third-order valence-electron chi connectivity index (χ3n) is 15.4. The van der Waals surface area contributed by atoms with Gasteiger partial charge in [-0.25, -0.2) is 4.98 Å². The molecule has 6 aliphatic rings. The van der Waals surface area contributed by atoms with E-state index in [4.69, 9.17) is 33.1 Å². The van der Waals surface area contributed by atoms with Crippen LogP contribution in [-0.4, -0.2) is 123 Å². The number of aromatic nitrogens is 1. The SMILES string of the molecule is C=C(OC(C)OC(=O)CCCC(C=O)C=O)N1CCN(c2cc(O)c3nc4c5c6c7c(C)c(O)c5c(=O)c(c-4oc3c2)NC(=O)/C(C)=C\C=C\[C@H](C)[C@H](O)[C@@H](C)[C@@H](O)[C@@H](C)[C@H](OC(C)=O)[C@H](C)[C@@H](C)/C=C/O[C@@](C)(O7)C6=O)CC1. The van der Waals surface area contributed by atoms with E-state index in [2.05, 4.69) is 11.9 Å². The zero-order valence-electron chi connectivity index (χ0n) is 46.1. The van der Waals surface area contributed by atoms with Crippen molar-refractivity contribution < 1.29 is 77.3 Å². The lowest BCUT2D eigenvalue weighted by Gasteiger charge is -2.38. The zero-order chi connectivity index (χ0) is 57.9. The molecule has 2 aromatic carbocycles. The Morgan fingerprint density at radius 1 is 0.937 bits per heavy atom. The second-order valence-electron chi connectivity index (χ2n) is 21.1. The summed E-state index contributed by atoms with van der Waals surface area (Å²) in [5.74, 6) is -9.39. The highest BCUT2D eigenvalue weighted by Gasteiger charge is 2.50. The van der Waals surface area contributed by atoms with Gasteiger partial charge in [-0.1, -0.05) is 52.8 Å². The lowest BCUT2D eigenvalue weighted by atomic mass is 9.77. The quantitative estimate of drug-likeness (QED) is 0.0182. The number of phenols is 2. The van der Waals surface area contributed by atoms with Gasteiger partial charge in [-0.15, -0.1) is 0 Å². The highest BCUT2D eigenvalue weighted by molar-refractivity contribution is 6.22. The maximum Gasteiger partial charge on any atom is 0.312 e. The number of hydrogen-bond acceptors (Lipinski definition) is 20. The summed E-state index contributed by atoms with van der Waals surface area (Å²) in [5.41, 5.74) is -1.27. The number of aliphatic hydroxyl groups is 2. The number of carbonyl (C=O) groups excluding carboxylic acids is 6. The monoisotopic (exact) mass is 1090 g/mol. The van der Waals surface area contributed by atoms with Gasteiger partial charge in [0.2, 0.25) is 11.7 Å². The molecule has 0 saturated carbocycles. The minimum atomic E-state index is -2.08. The van der Waals surface area contributed by atoms with Crippen LogP contribution in [0.3, 0.4) is 0 Å². The van der Waals surface area contributed by atoms with E-state index in [0.29, 0.717) is 44.4 Å². The lowest BCUT2D eigenvalue weighted by molar-refractivity contribution is -0.172. The first-order chi connectivity index (χ1) is 37.3. The van der Waals surface area contributed by atoms with Gasteiger partial charge in [-0.3, -0.25) is 24.0 Å². The Balaban J connectivity index is 1.27. The second kappa shape index (κ2) is 24.1. The standard InChI is InChI=1S/C58H70N4O17/c1-28-18-23-74-58(11)56(72)45-43-44(51(70)34(7)54(45)79-58)52(71)48(60-57(73)30(3)15-12-14-29(2)49(68)32(5)50(69)33(6)53(31(28)4)76-36(9)65)55-47(43)59-46-40(66)24-39(25-41(46)78-55)62-21-19-61(20-22-62)35(8)75-37(10)77-42(67)17-13-16-38(26-63)27-64/h12,14-15,18,23-29,31-33,37-38,49-50,53,66,68-70H,8,13,16-17,19-22H2,1-7,9-11H3,(H,60,73)/b14-12+,23-18+,30-15-/t28-,29-,31+,32+,33+,37?,49-,50+,53+,58-/m0/s1. The summed E-state index contributed by atoms with van der Waals surface area (Å²) in [4.78, 5) is 99.3. The largest absolute Gasteiger partial charge is 0.507 e.